The quantitative estimate of drug-likeness (QED) is 0.462. The first kappa shape index (κ1) is 18.1. The molecule has 0 aliphatic carbocycles. The predicted molar refractivity (Wildman–Crippen MR) is 103 cm³/mol. The molecule has 3 aromatic heterocycles. The summed E-state index contributed by atoms with van der Waals surface area (Å²) in [4.78, 5) is 9.08. The highest BCUT2D eigenvalue weighted by Gasteiger charge is 2.11. The fourth-order valence-corrected chi connectivity index (χ4v) is 2.86. The third kappa shape index (κ3) is 3.84. The molecule has 0 bridgehead atoms. The minimum Gasteiger partial charge on any atom is -0.494 e. The van der Waals surface area contributed by atoms with Crippen LogP contribution in [-0.2, 0) is 17.7 Å². The molecule has 0 spiro atoms. The Bertz CT molecular complexity index is 1060. The number of benzene rings is 1. The van der Waals surface area contributed by atoms with Gasteiger partial charge < -0.3 is 9.47 Å². The highest BCUT2D eigenvalue weighted by Crippen LogP contribution is 2.18. The lowest BCUT2D eigenvalue weighted by Crippen LogP contribution is -2.04. The van der Waals surface area contributed by atoms with Gasteiger partial charge in [-0.2, -0.15) is 9.78 Å². The van der Waals surface area contributed by atoms with Gasteiger partial charge in [0.25, 0.3) is 0 Å². The minimum absolute atomic E-state index is 0.581. The molecule has 0 aliphatic rings. The molecule has 9 heteroatoms. The maximum Gasteiger partial charge on any atom is 0.187 e. The van der Waals surface area contributed by atoms with Crippen molar-refractivity contribution in [1.29, 1.82) is 0 Å². The topological polar surface area (TPSA) is 92.8 Å². The average molecular weight is 379 g/mol. The Kier molecular flexibility index (Phi) is 5.24. The zero-order valence-corrected chi connectivity index (χ0v) is 15.8. The van der Waals surface area contributed by atoms with E-state index in [9.17, 15) is 0 Å². The van der Waals surface area contributed by atoms with Crippen LogP contribution in [0.3, 0.4) is 0 Å². The van der Waals surface area contributed by atoms with Gasteiger partial charge in [0, 0.05) is 19.7 Å². The fourth-order valence-electron chi connectivity index (χ4n) is 2.86. The Morgan fingerprint density at radius 2 is 1.96 bits per heavy atom. The Morgan fingerprint density at radius 3 is 2.75 bits per heavy atom. The second kappa shape index (κ2) is 8.13. The van der Waals surface area contributed by atoms with Crippen LogP contribution in [0, 0.1) is 0 Å². The molecule has 0 atom stereocenters. The van der Waals surface area contributed by atoms with E-state index in [1.165, 1.54) is 0 Å². The van der Waals surface area contributed by atoms with Gasteiger partial charge in [-0.25, -0.2) is 9.97 Å². The first-order valence-electron chi connectivity index (χ1n) is 9.07. The summed E-state index contributed by atoms with van der Waals surface area (Å²) in [5.41, 5.74) is 3.22. The molecule has 0 radical (unpaired) electrons. The molecular formula is C19H21N7O2. The first-order valence-corrected chi connectivity index (χ1v) is 9.07. The number of rotatable bonds is 8. The molecule has 0 N–H and O–H groups in total. The predicted octanol–water partition coefficient (Wildman–Crippen LogP) is 2.04. The van der Waals surface area contributed by atoms with Crippen molar-refractivity contribution in [3.05, 3.63) is 54.2 Å². The summed E-state index contributed by atoms with van der Waals surface area (Å²) < 4.78 is 14.1. The molecule has 9 nitrogen and oxygen atoms in total. The number of fused-ring (bicyclic) bond motifs is 1. The van der Waals surface area contributed by atoms with Crippen molar-refractivity contribution in [2.45, 2.75) is 19.9 Å². The van der Waals surface area contributed by atoms with E-state index in [1.807, 2.05) is 48.3 Å². The number of hydrogen-bond donors (Lipinski definition) is 0. The molecule has 1 aromatic carbocycles. The summed E-state index contributed by atoms with van der Waals surface area (Å²) >= 11 is 0. The average Bonchev–Trinajstić information content (AvgIpc) is 3.34. The van der Waals surface area contributed by atoms with Crippen molar-refractivity contribution >= 4 is 11.2 Å². The molecule has 144 valence electrons. The van der Waals surface area contributed by atoms with Crippen molar-refractivity contribution in [3.63, 3.8) is 0 Å². The second-order valence-corrected chi connectivity index (χ2v) is 6.20. The standard InChI is InChI=1S/C19H21N7O2/c1-3-28-16-6-4-15(5-7-16)26-19-17(23-24-26)12-20-18(22-19)10-14-11-21-25(13-14)8-9-27-2/h4-7,11-13H,3,8-10H2,1-2H3. The first-order chi connectivity index (χ1) is 13.8. The summed E-state index contributed by atoms with van der Waals surface area (Å²) in [6, 6.07) is 7.67. The molecule has 28 heavy (non-hydrogen) atoms. The third-order valence-corrected chi connectivity index (χ3v) is 4.21. The van der Waals surface area contributed by atoms with E-state index in [0.29, 0.717) is 43.2 Å². The zero-order chi connectivity index (χ0) is 19.3. The number of nitrogens with zero attached hydrogens (tertiary/aromatic N) is 7. The maximum absolute atomic E-state index is 5.49. The van der Waals surface area contributed by atoms with Gasteiger partial charge in [-0.3, -0.25) is 4.68 Å². The van der Waals surface area contributed by atoms with Crippen LogP contribution in [0.4, 0.5) is 0 Å². The van der Waals surface area contributed by atoms with E-state index in [-0.39, 0.29) is 0 Å². The van der Waals surface area contributed by atoms with Crippen molar-refractivity contribution in [3.8, 4) is 11.4 Å². The summed E-state index contributed by atoms with van der Waals surface area (Å²) in [7, 11) is 1.68. The highest BCUT2D eigenvalue weighted by molar-refractivity contribution is 5.70. The van der Waals surface area contributed by atoms with Crippen LogP contribution in [0.5, 0.6) is 5.75 Å². The lowest BCUT2D eigenvalue weighted by atomic mass is 10.2. The molecule has 0 amide bonds. The lowest BCUT2D eigenvalue weighted by Gasteiger charge is -2.05. The van der Waals surface area contributed by atoms with Gasteiger partial charge in [0.15, 0.2) is 11.2 Å². The molecule has 0 fully saturated rings. The molecular weight excluding hydrogens is 358 g/mol. The zero-order valence-electron chi connectivity index (χ0n) is 15.8. The molecule has 0 unspecified atom stereocenters. The van der Waals surface area contributed by atoms with Crippen LogP contribution in [0.15, 0.2) is 42.9 Å². The minimum atomic E-state index is 0.581. The van der Waals surface area contributed by atoms with Gasteiger partial charge in [0.1, 0.15) is 11.6 Å². The van der Waals surface area contributed by atoms with Gasteiger partial charge >= 0.3 is 0 Å². The van der Waals surface area contributed by atoms with E-state index >= 15 is 0 Å². The largest absolute Gasteiger partial charge is 0.494 e. The van der Waals surface area contributed by atoms with Gasteiger partial charge in [0.2, 0.25) is 0 Å². The van der Waals surface area contributed by atoms with Crippen LogP contribution >= 0.6 is 0 Å². The number of hydrogen-bond acceptors (Lipinski definition) is 7. The van der Waals surface area contributed by atoms with Crippen LogP contribution < -0.4 is 4.74 Å². The molecule has 0 aliphatic heterocycles. The van der Waals surface area contributed by atoms with Gasteiger partial charge in [-0.15, -0.1) is 5.10 Å². The summed E-state index contributed by atoms with van der Waals surface area (Å²) in [6.45, 7) is 3.92. The van der Waals surface area contributed by atoms with Crippen molar-refractivity contribution < 1.29 is 9.47 Å². The maximum atomic E-state index is 5.49. The molecule has 4 rings (SSSR count). The number of ether oxygens (including phenoxy) is 2. The molecule has 0 saturated heterocycles. The van der Waals surface area contributed by atoms with Crippen molar-refractivity contribution in [2.24, 2.45) is 0 Å². The van der Waals surface area contributed by atoms with Crippen molar-refractivity contribution in [1.82, 2.24) is 34.7 Å². The van der Waals surface area contributed by atoms with E-state index in [2.05, 4.69) is 25.4 Å². The van der Waals surface area contributed by atoms with Crippen LogP contribution in [0.25, 0.3) is 16.9 Å². The molecule has 3 heterocycles. The fraction of sp³-hybridized carbons (Fsp3) is 0.316. The second-order valence-electron chi connectivity index (χ2n) is 6.20. The van der Waals surface area contributed by atoms with E-state index in [0.717, 1.165) is 17.0 Å². The highest BCUT2D eigenvalue weighted by atomic mass is 16.5. The van der Waals surface area contributed by atoms with E-state index in [1.54, 1.807) is 18.0 Å². The number of methoxy groups -OCH3 is 1. The van der Waals surface area contributed by atoms with Gasteiger partial charge in [-0.1, -0.05) is 5.21 Å². The Labute approximate surface area is 161 Å². The van der Waals surface area contributed by atoms with Gasteiger partial charge in [0.05, 0.1) is 37.8 Å². The smallest absolute Gasteiger partial charge is 0.187 e. The normalized spacial score (nSPS) is 11.2. The van der Waals surface area contributed by atoms with Crippen LogP contribution in [0.2, 0.25) is 0 Å². The van der Waals surface area contributed by atoms with Crippen molar-refractivity contribution in [2.75, 3.05) is 20.3 Å². The Hall–Kier alpha value is -3.33. The van der Waals surface area contributed by atoms with E-state index in [4.69, 9.17) is 9.47 Å². The Balaban J connectivity index is 1.58. The van der Waals surface area contributed by atoms with Crippen LogP contribution in [0.1, 0.15) is 18.3 Å². The van der Waals surface area contributed by atoms with E-state index < -0.39 is 0 Å². The molecule has 4 aromatic rings. The number of aromatic nitrogens is 7. The summed E-state index contributed by atoms with van der Waals surface area (Å²) in [5, 5.41) is 12.7. The SMILES string of the molecule is CCOc1ccc(-n2nnc3cnc(Cc4cnn(CCOC)c4)nc32)cc1. The summed E-state index contributed by atoms with van der Waals surface area (Å²) in [6.07, 6.45) is 6.09. The summed E-state index contributed by atoms with van der Waals surface area (Å²) in [5.74, 6) is 1.50. The third-order valence-electron chi connectivity index (χ3n) is 4.21. The lowest BCUT2D eigenvalue weighted by molar-refractivity contribution is 0.183. The monoisotopic (exact) mass is 379 g/mol. The van der Waals surface area contributed by atoms with Gasteiger partial charge in [-0.05, 0) is 36.8 Å². The Morgan fingerprint density at radius 1 is 1.11 bits per heavy atom. The van der Waals surface area contributed by atoms with Crippen LogP contribution in [-0.4, -0.2) is 55.1 Å². The molecule has 0 saturated carbocycles.